The number of carbonyl (C=O) groups is 3. The number of rotatable bonds is 17. The number of benzene rings is 2. The molecule has 248 valence electrons. The first-order valence-electron chi connectivity index (χ1n) is 15.2. The van der Waals surface area contributed by atoms with E-state index in [1.807, 2.05) is 57.2 Å². The maximum atomic E-state index is 12.8. The molecule has 0 aromatic heterocycles. The average molecular weight is 630 g/mol. The molecule has 11 heteroatoms. The second kappa shape index (κ2) is 17.3. The Balaban J connectivity index is 1.36. The summed E-state index contributed by atoms with van der Waals surface area (Å²) >= 11 is 0. The second-order valence-corrected chi connectivity index (χ2v) is 12.5. The molecule has 1 aliphatic carbocycles. The van der Waals surface area contributed by atoms with E-state index in [1.165, 1.54) is 0 Å². The van der Waals surface area contributed by atoms with Crippen molar-refractivity contribution in [2.75, 3.05) is 59.5 Å². The molecule has 3 rings (SSSR count). The number of fused-ring (bicyclic) bond motifs is 3. The highest BCUT2D eigenvalue weighted by Crippen LogP contribution is 2.44. The number of hydrogen-bond donors (Lipinski definition) is 1. The number of amides is 1. The molecular formula is C34H47NO10. The van der Waals surface area contributed by atoms with Crippen molar-refractivity contribution in [3.8, 4) is 11.1 Å². The van der Waals surface area contributed by atoms with Crippen molar-refractivity contribution in [2.45, 2.75) is 64.7 Å². The number of ether oxygens (including phenoxy) is 7. The van der Waals surface area contributed by atoms with Crippen molar-refractivity contribution < 1.29 is 47.5 Å². The van der Waals surface area contributed by atoms with E-state index in [1.54, 1.807) is 20.8 Å². The molecule has 0 spiro atoms. The number of hydrogen-bond acceptors (Lipinski definition) is 10. The first kappa shape index (κ1) is 36.0. The summed E-state index contributed by atoms with van der Waals surface area (Å²) in [4.78, 5) is 37.3. The SMILES string of the molecule is CC(C)(C)OC[C@H](NC(=O)OCC1c2ccccc2-c2ccccc21)C(=O)OCCOCCOCCOCC(=O)OC(C)(C)C. The van der Waals surface area contributed by atoms with E-state index in [0.29, 0.717) is 6.61 Å². The van der Waals surface area contributed by atoms with Gasteiger partial charge in [0.05, 0.1) is 45.2 Å². The van der Waals surface area contributed by atoms with Gasteiger partial charge < -0.3 is 38.5 Å². The summed E-state index contributed by atoms with van der Waals surface area (Å²) < 4.78 is 37.9. The fraction of sp³-hybridized carbons (Fsp3) is 0.559. The Morgan fingerprint density at radius 1 is 0.711 bits per heavy atom. The third kappa shape index (κ3) is 12.8. The van der Waals surface area contributed by atoms with Crippen LogP contribution in [-0.2, 0) is 42.7 Å². The third-order valence-corrected chi connectivity index (χ3v) is 6.46. The zero-order valence-corrected chi connectivity index (χ0v) is 27.2. The molecule has 1 amide bonds. The molecule has 2 aromatic rings. The quantitative estimate of drug-likeness (QED) is 0.150. The molecule has 0 saturated heterocycles. The molecule has 0 radical (unpaired) electrons. The topological polar surface area (TPSA) is 128 Å². The van der Waals surface area contributed by atoms with Crippen molar-refractivity contribution in [3.63, 3.8) is 0 Å². The van der Waals surface area contributed by atoms with Crippen molar-refractivity contribution in [3.05, 3.63) is 59.7 Å². The van der Waals surface area contributed by atoms with Crippen molar-refractivity contribution in [1.29, 1.82) is 0 Å². The minimum Gasteiger partial charge on any atom is -0.462 e. The van der Waals surface area contributed by atoms with Crippen LogP contribution in [0.4, 0.5) is 4.79 Å². The molecule has 0 bridgehead atoms. The maximum absolute atomic E-state index is 12.8. The summed E-state index contributed by atoms with van der Waals surface area (Å²) in [5.41, 5.74) is 3.35. The smallest absolute Gasteiger partial charge is 0.407 e. The molecule has 45 heavy (non-hydrogen) atoms. The van der Waals surface area contributed by atoms with Crippen LogP contribution in [0.1, 0.15) is 58.6 Å². The molecule has 0 heterocycles. The van der Waals surface area contributed by atoms with E-state index >= 15 is 0 Å². The van der Waals surface area contributed by atoms with Gasteiger partial charge in [-0.25, -0.2) is 14.4 Å². The van der Waals surface area contributed by atoms with Gasteiger partial charge in [-0.05, 0) is 63.8 Å². The minimum atomic E-state index is -1.07. The summed E-state index contributed by atoms with van der Waals surface area (Å²) in [7, 11) is 0. The van der Waals surface area contributed by atoms with Gasteiger partial charge in [-0.2, -0.15) is 0 Å². The Bertz CT molecular complexity index is 1200. The molecule has 1 atom stereocenters. The van der Waals surface area contributed by atoms with Gasteiger partial charge in [-0.3, -0.25) is 0 Å². The second-order valence-electron chi connectivity index (χ2n) is 12.5. The summed E-state index contributed by atoms with van der Waals surface area (Å²) in [6.07, 6.45) is -0.736. The van der Waals surface area contributed by atoms with Crippen molar-refractivity contribution >= 4 is 18.0 Å². The van der Waals surface area contributed by atoms with Gasteiger partial charge in [-0.1, -0.05) is 48.5 Å². The van der Waals surface area contributed by atoms with Gasteiger partial charge in [0.25, 0.3) is 0 Å². The van der Waals surface area contributed by atoms with Crippen LogP contribution in [0.3, 0.4) is 0 Å². The summed E-state index contributed by atoms with van der Waals surface area (Å²) in [5.74, 6) is -1.19. The van der Waals surface area contributed by atoms with Crippen LogP contribution in [0.2, 0.25) is 0 Å². The zero-order chi connectivity index (χ0) is 32.9. The lowest BCUT2D eigenvalue weighted by atomic mass is 9.98. The third-order valence-electron chi connectivity index (χ3n) is 6.46. The summed E-state index contributed by atoms with van der Waals surface area (Å²) in [6.45, 7) is 12.1. The van der Waals surface area contributed by atoms with Gasteiger partial charge in [0, 0.05) is 5.92 Å². The number of esters is 2. The Morgan fingerprint density at radius 3 is 1.80 bits per heavy atom. The standard InChI is InChI=1S/C34H47NO10/c1-33(2,3)44-22-29(31(37)42-20-19-40-16-15-39-17-18-41-23-30(36)45-34(4,5)6)35-32(38)43-21-28-26-13-9-7-11-24(26)25-12-8-10-14-27(25)28/h7-14,28-29H,15-23H2,1-6H3,(H,35,38)/t29-/m0/s1. The largest absolute Gasteiger partial charge is 0.462 e. The Kier molecular flexibility index (Phi) is 13.8. The molecule has 0 unspecified atom stereocenters. The fourth-order valence-corrected chi connectivity index (χ4v) is 4.55. The Hall–Kier alpha value is -3.51. The van der Waals surface area contributed by atoms with Crippen LogP contribution in [0.5, 0.6) is 0 Å². The summed E-state index contributed by atoms with van der Waals surface area (Å²) in [5, 5.41) is 2.60. The lowest BCUT2D eigenvalue weighted by molar-refractivity contribution is -0.160. The number of carbonyl (C=O) groups excluding carboxylic acids is 3. The molecule has 2 aromatic carbocycles. The lowest BCUT2D eigenvalue weighted by Crippen LogP contribution is -2.47. The van der Waals surface area contributed by atoms with E-state index < -0.39 is 35.3 Å². The first-order chi connectivity index (χ1) is 21.3. The fourth-order valence-electron chi connectivity index (χ4n) is 4.55. The van der Waals surface area contributed by atoms with Crippen LogP contribution in [0, 0.1) is 0 Å². The molecule has 0 saturated carbocycles. The zero-order valence-electron chi connectivity index (χ0n) is 27.2. The molecule has 0 aliphatic heterocycles. The highest BCUT2D eigenvalue weighted by Gasteiger charge is 2.30. The van der Waals surface area contributed by atoms with Crippen LogP contribution in [-0.4, -0.2) is 94.7 Å². The van der Waals surface area contributed by atoms with Gasteiger partial charge in [0.15, 0.2) is 6.04 Å². The monoisotopic (exact) mass is 629 g/mol. The van der Waals surface area contributed by atoms with Crippen LogP contribution < -0.4 is 5.32 Å². The van der Waals surface area contributed by atoms with E-state index in [0.717, 1.165) is 22.3 Å². The molecule has 1 N–H and O–H groups in total. The van der Waals surface area contributed by atoms with E-state index in [4.69, 9.17) is 33.2 Å². The van der Waals surface area contributed by atoms with E-state index in [2.05, 4.69) is 17.4 Å². The van der Waals surface area contributed by atoms with Crippen molar-refractivity contribution in [1.82, 2.24) is 5.32 Å². The molecular weight excluding hydrogens is 582 g/mol. The van der Waals surface area contributed by atoms with E-state index in [9.17, 15) is 14.4 Å². The first-order valence-corrected chi connectivity index (χ1v) is 15.2. The minimum absolute atomic E-state index is 0.0176. The van der Waals surface area contributed by atoms with E-state index in [-0.39, 0.29) is 58.8 Å². The van der Waals surface area contributed by atoms with Gasteiger partial charge in [0.1, 0.15) is 25.4 Å². The van der Waals surface area contributed by atoms with Crippen LogP contribution >= 0.6 is 0 Å². The highest BCUT2D eigenvalue weighted by molar-refractivity contribution is 5.82. The molecule has 1 aliphatic rings. The van der Waals surface area contributed by atoms with Crippen LogP contribution in [0.15, 0.2) is 48.5 Å². The average Bonchev–Trinajstić information content (AvgIpc) is 3.29. The summed E-state index contributed by atoms with van der Waals surface area (Å²) in [6, 6.07) is 15.1. The predicted octanol–water partition coefficient (Wildman–Crippen LogP) is 4.64. The van der Waals surface area contributed by atoms with Gasteiger partial charge in [0.2, 0.25) is 0 Å². The van der Waals surface area contributed by atoms with Crippen LogP contribution in [0.25, 0.3) is 11.1 Å². The number of nitrogens with one attached hydrogen (secondary N) is 1. The molecule has 0 fully saturated rings. The van der Waals surface area contributed by atoms with Gasteiger partial charge in [-0.15, -0.1) is 0 Å². The highest BCUT2D eigenvalue weighted by atomic mass is 16.6. The Labute approximate surface area is 265 Å². The van der Waals surface area contributed by atoms with Gasteiger partial charge >= 0.3 is 18.0 Å². The Morgan fingerprint density at radius 2 is 1.24 bits per heavy atom. The normalized spacial score (nSPS) is 13.5. The number of alkyl carbamates (subject to hydrolysis) is 1. The maximum Gasteiger partial charge on any atom is 0.407 e. The predicted molar refractivity (Wildman–Crippen MR) is 167 cm³/mol. The van der Waals surface area contributed by atoms with Crippen molar-refractivity contribution in [2.24, 2.45) is 0 Å². The molecule has 11 nitrogen and oxygen atoms in total. The lowest BCUT2D eigenvalue weighted by Gasteiger charge is -2.24.